The molecule has 0 spiro atoms. The summed E-state index contributed by atoms with van der Waals surface area (Å²) < 4.78 is 0.830. The van der Waals surface area contributed by atoms with E-state index >= 15 is 0 Å². The molecule has 96 valence electrons. The van der Waals surface area contributed by atoms with Crippen molar-refractivity contribution in [2.24, 2.45) is 5.84 Å². The molecule has 1 aromatic heterocycles. The number of hydrogen-bond acceptors (Lipinski definition) is 3. The normalized spacial score (nSPS) is 12.6. The molecule has 1 unspecified atom stereocenters. The third kappa shape index (κ3) is 3.82. The zero-order valence-electron chi connectivity index (χ0n) is 10.3. The summed E-state index contributed by atoms with van der Waals surface area (Å²) in [5.41, 5.74) is 5.48. The molecule has 0 saturated carbocycles. The fourth-order valence-electron chi connectivity index (χ4n) is 2.02. The minimum absolute atomic E-state index is 0.238. The first kappa shape index (κ1) is 13.6. The maximum Gasteiger partial charge on any atom is 0.0931 e. The molecule has 0 aliphatic carbocycles. The third-order valence-corrected chi connectivity index (χ3v) is 4.13. The number of aryl methyl sites for hydroxylation is 1. The molecule has 1 aromatic carbocycles. The minimum Gasteiger partial charge on any atom is -0.271 e. The zero-order chi connectivity index (χ0) is 13.0. The van der Waals surface area contributed by atoms with Crippen LogP contribution in [0.2, 0.25) is 4.34 Å². The van der Waals surface area contributed by atoms with Crippen LogP contribution in [-0.2, 0) is 12.8 Å². The van der Waals surface area contributed by atoms with Gasteiger partial charge in [0, 0.05) is 10.9 Å². The van der Waals surface area contributed by atoms with Crippen molar-refractivity contribution < 1.29 is 0 Å². The number of nitrogens with two attached hydrogens (primary N) is 1. The zero-order valence-corrected chi connectivity index (χ0v) is 11.9. The van der Waals surface area contributed by atoms with Gasteiger partial charge in [0.25, 0.3) is 0 Å². The molecule has 0 aliphatic heterocycles. The second-order valence-electron chi connectivity index (χ2n) is 4.47. The molecule has 18 heavy (non-hydrogen) atoms. The van der Waals surface area contributed by atoms with Gasteiger partial charge in [-0.2, -0.15) is 0 Å². The van der Waals surface area contributed by atoms with Gasteiger partial charge in [0.05, 0.1) is 4.34 Å². The quantitative estimate of drug-likeness (QED) is 0.651. The van der Waals surface area contributed by atoms with Crippen molar-refractivity contribution in [1.82, 2.24) is 5.43 Å². The number of benzene rings is 1. The summed E-state index contributed by atoms with van der Waals surface area (Å²) in [7, 11) is 0. The summed E-state index contributed by atoms with van der Waals surface area (Å²) in [6, 6.07) is 12.8. The van der Waals surface area contributed by atoms with Crippen LogP contribution in [0.1, 0.15) is 16.0 Å². The summed E-state index contributed by atoms with van der Waals surface area (Å²) in [5.74, 6) is 5.63. The Morgan fingerprint density at radius 2 is 2.11 bits per heavy atom. The molecule has 2 aromatic rings. The lowest BCUT2D eigenvalue weighted by Gasteiger charge is -2.15. The van der Waals surface area contributed by atoms with Gasteiger partial charge in [0.15, 0.2) is 0 Å². The Hall–Kier alpha value is -0.870. The Morgan fingerprint density at radius 1 is 1.28 bits per heavy atom. The molecule has 0 bridgehead atoms. The highest BCUT2D eigenvalue weighted by atomic mass is 35.5. The summed E-state index contributed by atoms with van der Waals surface area (Å²) >= 11 is 7.55. The van der Waals surface area contributed by atoms with Crippen LogP contribution in [-0.4, -0.2) is 6.04 Å². The number of halogens is 1. The Balaban J connectivity index is 2.01. The van der Waals surface area contributed by atoms with E-state index in [0.717, 1.165) is 17.2 Å². The van der Waals surface area contributed by atoms with E-state index in [4.69, 9.17) is 17.4 Å². The van der Waals surface area contributed by atoms with Gasteiger partial charge in [0.1, 0.15) is 0 Å². The lowest BCUT2D eigenvalue weighted by Crippen LogP contribution is -2.38. The SMILES string of the molecule is Cc1cccc(CC(Cc2ccc(Cl)s2)NN)c1. The van der Waals surface area contributed by atoms with Crippen LogP contribution in [0.4, 0.5) is 0 Å². The Labute approximate surface area is 117 Å². The summed E-state index contributed by atoms with van der Waals surface area (Å²) in [6.07, 6.45) is 1.83. The van der Waals surface area contributed by atoms with Crippen molar-refractivity contribution in [2.45, 2.75) is 25.8 Å². The van der Waals surface area contributed by atoms with E-state index in [1.807, 2.05) is 6.07 Å². The average molecular weight is 281 g/mol. The standard InChI is InChI=1S/C14H17ClN2S/c1-10-3-2-4-11(7-10)8-12(17-16)9-13-5-6-14(15)18-13/h2-7,12,17H,8-9,16H2,1H3. The van der Waals surface area contributed by atoms with E-state index in [9.17, 15) is 0 Å². The van der Waals surface area contributed by atoms with Gasteiger partial charge in [0.2, 0.25) is 0 Å². The Morgan fingerprint density at radius 3 is 2.72 bits per heavy atom. The smallest absolute Gasteiger partial charge is 0.0931 e. The van der Waals surface area contributed by atoms with Crippen molar-refractivity contribution in [3.63, 3.8) is 0 Å². The molecule has 0 amide bonds. The lowest BCUT2D eigenvalue weighted by molar-refractivity contribution is 0.525. The van der Waals surface area contributed by atoms with Gasteiger partial charge < -0.3 is 0 Å². The van der Waals surface area contributed by atoms with Crippen LogP contribution < -0.4 is 11.3 Å². The molecule has 0 radical (unpaired) electrons. The molecular weight excluding hydrogens is 264 g/mol. The van der Waals surface area contributed by atoms with E-state index < -0.39 is 0 Å². The van der Waals surface area contributed by atoms with Crippen molar-refractivity contribution in [3.8, 4) is 0 Å². The van der Waals surface area contributed by atoms with Crippen LogP contribution in [0.3, 0.4) is 0 Å². The summed E-state index contributed by atoms with van der Waals surface area (Å²) in [6.45, 7) is 2.10. The van der Waals surface area contributed by atoms with Gasteiger partial charge in [-0.05, 0) is 37.5 Å². The van der Waals surface area contributed by atoms with Crippen molar-refractivity contribution in [2.75, 3.05) is 0 Å². The molecule has 0 aliphatic rings. The van der Waals surface area contributed by atoms with Gasteiger partial charge in [-0.1, -0.05) is 41.4 Å². The predicted molar refractivity (Wildman–Crippen MR) is 79.0 cm³/mol. The van der Waals surface area contributed by atoms with Gasteiger partial charge >= 0.3 is 0 Å². The van der Waals surface area contributed by atoms with E-state index in [1.165, 1.54) is 16.0 Å². The van der Waals surface area contributed by atoms with E-state index in [2.05, 4.69) is 42.7 Å². The van der Waals surface area contributed by atoms with Crippen molar-refractivity contribution >= 4 is 22.9 Å². The first-order valence-electron chi connectivity index (χ1n) is 5.93. The molecule has 2 rings (SSSR count). The maximum absolute atomic E-state index is 5.93. The summed E-state index contributed by atoms with van der Waals surface area (Å²) in [5, 5.41) is 0. The highest BCUT2D eigenvalue weighted by Gasteiger charge is 2.10. The molecule has 0 fully saturated rings. The largest absolute Gasteiger partial charge is 0.271 e. The second kappa shape index (κ2) is 6.34. The minimum atomic E-state index is 0.238. The first-order valence-corrected chi connectivity index (χ1v) is 7.12. The molecular formula is C14H17ClN2S. The Kier molecular flexibility index (Phi) is 4.78. The van der Waals surface area contributed by atoms with Crippen LogP contribution >= 0.6 is 22.9 Å². The molecule has 3 N–H and O–H groups in total. The average Bonchev–Trinajstić information content (AvgIpc) is 2.74. The van der Waals surface area contributed by atoms with Crippen LogP contribution in [0.15, 0.2) is 36.4 Å². The summed E-state index contributed by atoms with van der Waals surface area (Å²) in [4.78, 5) is 1.26. The molecule has 1 heterocycles. The Bertz CT molecular complexity index is 510. The van der Waals surface area contributed by atoms with Crippen LogP contribution in [0.5, 0.6) is 0 Å². The number of thiophene rings is 1. The predicted octanol–water partition coefficient (Wildman–Crippen LogP) is 3.33. The molecule has 2 nitrogen and oxygen atoms in total. The molecule has 1 atom stereocenters. The lowest BCUT2D eigenvalue weighted by atomic mass is 10.0. The number of rotatable bonds is 5. The first-order chi connectivity index (χ1) is 8.67. The molecule has 4 heteroatoms. The number of hydrazine groups is 1. The monoisotopic (exact) mass is 280 g/mol. The topological polar surface area (TPSA) is 38.0 Å². The van der Waals surface area contributed by atoms with Crippen molar-refractivity contribution in [3.05, 3.63) is 56.7 Å². The van der Waals surface area contributed by atoms with E-state index in [0.29, 0.717) is 0 Å². The van der Waals surface area contributed by atoms with Gasteiger partial charge in [-0.3, -0.25) is 11.3 Å². The second-order valence-corrected chi connectivity index (χ2v) is 6.27. The fraction of sp³-hybridized carbons (Fsp3) is 0.286. The highest BCUT2D eigenvalue weighted by molar-refractivity contribution is 7.16. The van der Waals surface area contributed by atoms with E-state index in [-0.39, 0.29) is 6.04 Å². The number of nitrogens with one attached hydrogen (secondary N) is 1. The van der Waals surface area contributed by atoms with Crippen molar-refractivity contribution in [1.29, 1.82) is 0 Å². The third-order valence-electron chi connectivity index (χ3n) is 2.88. The van der Waals surface area contributed by atoms with E-state index in [1.54, 1.807) is 11.3 Å². The van der Waals surface area contributed by atoms with Gasteiger partial charge in [-0.15, -0.1) is 11.3 Å². The van der Waals surface area contributed by atoms with Crippen LogP contribution in [0.25, 0.3) is 0 Å². The maximum atomic E-state index is 5.93. The highest BCUT2D eigenvalue weighted by Crippen LogP contribution is 2.23. The number of hydrogen-bond donors (Lipinski definition) is 2. The van der Waals surface area contributed by atoms with Gasteiger partial charge in [-0.25, -0.2) is 0 Å². The fourth-order valence-corrected chi connectivity index (χ4v) is 3.19. The van der Waals surface area contributed by atoms with Crippen LogP contribution in [0, 0.1) is 6.92 Å². The molecule has 0 saturated heterocycles.